The van der Waals surface area contributed by atoms with Crippen LogP contribution >= 0.6 is 11.6 Å². The van der Waals surface area contributed by atoms with Gasteiger partial charge in [-0.05, 0) is 29.3 Å². The van der Waals surface area contributed by atoms with Crippen LogP contribution in [0.5, 0.6) is 5.75 Å². The first-order valence-corrected chi connectivity index (χ1v) is 5.78. The van der Waals surface area contributed by atoms with Gasteiger partial charge in [-0.3, -0.25) is 9.59 Å². The molecule has 0 saturated heterocycles. The Labute approximate surface area is 115 Å². The lowest BCUT2D eigenvalue weighted by Gasteiger charge is -2.05. The molecule has 0 fully saturated rings. The Morgan fingerprint density at radius 2 is 2.00 bits per heavy atom. The van der Waals surface area contributed by atoms with E-state index in [-0.39, 0.29) is 11.8 Å². The van der Waals surface area contributed by atoms with E-state index in [1.165, 1.54) is 13.8 Å². The smallest absolute Gasteiger partial charge is 0.308 e. The van der Waals surface area contributed by atoms with Crippen LogP contribution in [0.3, 0.4) is 0 Å². The molecule has 1 aromatic rings. The lowest BCUT2D eigenvalue weighted by molar-refractivity contribution is -0.136. The van der Waals surface area contributed by atoms with Crippen molar-refractivity contribution in [1.29, 1.82) is 0 Å². The molecule has 1 rings (SSSR count). The molecule has 0 aliphatic heterocycles. The van der Waals surface area contributed by atoms with Gasteiger partial charge >= 0.3 is 11.9 Å². The summed E-state index contributed by atoms with van der Waals surface area (Å²) in [5.41, 5.74) is 0.780. The average molecular weight is 285 g/mol. The largest absolute Gasteiger partial charge is 0.492 e. The van der Waals surface area contributed by atoms with Crippen LogP contribution in [0.25, 0.3) is 0 Å². The van der Waals surface area contributed by atoms with E-state index in [1.807, 2.05) is 0 Å². The highest BCUT2D eigenvalue weighted by Crippen LogP contribution is 2.15. The highest BCUT2D eigenvalue weighted by molar-refractivity contribution is 6.28. The zero-order valence-electron chi connectivity index (χ0n) is 10.5. The van der Waals surface area contributed by atoms with Crippen LogP contribution in [0.4, 0.5) is 0 Å². The third kappa shape index (κ3) is 6.47. The number of hydrogen-bond acceptors (Lipinski definition) is 5. The molecule has 0 N–H and O–H groups in total. The van der Waals surface area contributed by atoms with Crippen molar-refractivity contribution in [2.75, 3.05) is 0 Å². The molecule has 5 nitrogen and oxygen atoms in total. The van der Waals surface area contributed by atoms with Gasteiger partial charge in [-0.2, -0.15) is 0 Å². The van der Waals surface area contributed by atoms with Gasteiger partial charge in [-0.15, -0.1) is 0 Å². The maximum atomic E-state index is 10.8. The Morgan fingerprint density at radius 1 is 1.26 bits per heavy atom. The van der Waals surface area contributed by atoms with E-state index in [9.17, 15) is 9.59 Å². The predicted octanol–water partition coefficient (Wildman–Crippen LogP) is 2.73. The number of ether oxygens (including phenoxy) is 3. The zero-order valence-corrected chi connectivity index (χ0v) is 11.3. The van der Waals surface area contributed by atoms with Crippen molar-refractivity contribution in [2.24, 2.45) is 0 Å². The van der Waals surface area contributed by atoms with Gasteiger partial charge in [0.2, 0.25) is 5.22 Å². The molecule has 0 atom stereocenters. The minimum atomic E-state index is -0.526. The van der Waals surface area contributed by atoms with Crippen molar-refractivity contribution in [3.05, 3.63) is 41.3 Å². The van der Waals surface area contributed by atoms with Gasteiger partial charge in [-0.25, -0.2) is 0 Å². The highest BCUT2D eigenvalue weighted by atomic mass is 35.5. The van der Waals surface area contributed by atoms with Crippen molar-refractivity contribution in [1.82, 2.24) is 0 Å². The second-order valence-corrected chi connectivity index (χ2v) is 3.94. The summed E-state index contributed by atoms with van der Waals surface area (Å²) in [6.07, 6.45) is 1.13. The normalized spacial score (nSPS) is 10.8. The molecule has 0 radical (unpaired) electrons. The van der Waals surface area contributed by atoms with E-state index in [0.717, 1.165) is 11.8 Å². The summed E-state index contributed by atoms with van der Waals surface area (Å²) in [5, 5.41) is -0.149. The number of hydrogen-bond donors (Lipinski definition) is 0. The third-order valence-corrected chi connectivity index (χ3v) is 1.99. The summed E-state index contributed by atoms with van der Waals surface area (Å²) in [5.74, 6) is -0.485. The van der Waals surface area contributed by atoms with Gasteiger partial charge in [0, 0.05) is 13.8 Å². The van der Waals surface area contributed by atoms with Gasteiger partial charge < -0.3 is 14.2 Å². The standard InChI is InChI=1S/C13H13ClO5/c1-9(15)18-12-5-3-4-11(6-12)7-17-8-13(14)19-10(2)16/h3-6,8H,7H2,1-2H3/b13-8+. The molecule has 0 bridgehead atoms. The fraction of sp³-hybridized carbons (Fsp3) is 0.231. The van der Waals surface area contributed by atoms with Crippen molar-refractivity contribution < 1.29 is 23.8 Å². The Morgan fingerprint density at radius 3 is 2.63 bits per heavy atom. The Balaban J connectivity index is 2.53. The molecule has 1 aromatic carbocycles. The Kier molecular flexibility index (Phi) is 5.89. The minimum Gasteiger partial charge on any atom is -0.492 e. The topological polar surface area (TPSA) is 61.8 Å². The first kappa shape index (κ1) is 15.0. The Hall–Kier alpha value is -2.01. The molecule has 0 aliphatic carbocycles. The van der Waals surface area contributed by atoms with E-state index < -0.39 is 11.9 Å². The van der Waals surface area contributed by atoms with Gasteiger partial charge in [-0.1, -0.05) is 12.1 Å². The molecule has 0 heterocycles. The molecule has 102 valence electrons. The third-order valence-electron chi connectivity index (χ3n) is 1.83. The van der Waals surface area contributed by atoms with Gasteiger partial charge in [0.25, 0.3) is 0 Å². The zero-order chi connectivity index (χ0) is 14.3. The summed E-state index contributed by atoms with van der Waals surface area (Å²) in [7, 11) is 0. The monoisotopic (exact) mass is 284 g/mol. The van der Waals surface area contributed by atoms with Gasteiger partial charge in [0.05, 0.1) is 0 Å². The van der Waals surface area contributed by atoms with Crippen LogP contribution in [0.15, 0.2) is 35.7 Å². The van der Waals surface area contributed by atoms with Crippen LogP contribution < -0.4 is 4.74 Å². The average Bonchev–Trinajstić information content (AvgIpc) is 2.27. The second-order valence-electron chi connectivity index (χ2n) is 3.57. The van der Waals surface area contributed by atoms with Gasteiger partial charge in [0.15, 0.2) is 0 Å². The molecule has 6 heteroatoms. The molecule has 19 heavy (non-hydrogen) atoms. The molecular weight excluding hydrogens is 272 g/mol. The van der Waals surface area contributed by atoms with E-state index >= 15 is 0 Å². The number of carbonyl (C=O) groups is 2. The van der Waals surface area contributed by atoms with Crippen molar-refractivity contribution in [3.63, 3.8) is 0 Å². The first-order chi connectivity index (χ1) is 8.97. The fourth-order valence-corrected chi connectivity index (χ4v) is 1.40. The molecule has 0 saturated carbocycles. The summed E-state index contributed by atoms with van der Waals surface area (Å²) < 4.78 is 14.6. The number of esters is 2. The van der Waals surface area contributed by atoms with Crippen molar-refractivity contribution in [2.45, 2.75) is 20.5 Å². The summed E-state index contributed by atoms with van der Waals surface area (Å²) >= 11 is 5.57. The number of carbonyl (C=O) groups excluding carboxylic acids is 2. The number of benzene rings is 1. The van der Waals surface area contributed by atoms with Crippen molar-refractivity contribution in [3.8, 4) is 5.75 Å². The molecule has 0 amide bonds. The van der Waals surface area contributed by atoms with Crippen LogP contribution in [-0.2, 0) is 25.7 Å². The van der Waals surface area contributed by atoms with Crippen molar-refractivity contribution >= 4 is 23.5 Å². The highest BCUT2D eigenvalue weighted by Gasteiger charge is 2.01. The van der Waals surface area contributed by atoms with Gasteiger partial charge in [0.1, 0.15) is 18.6 Å². The number of rotatable bonds is 5. The SMILES string of the molecule is CC(=O)O/C(Cl)=C/OCc1cccc(OC(C)=O)c1. The summed E-state index contributed by atoms with van der Waals surface area (Å²) in [6.45, 7) is 2.76. The van der Waals surface area contributed by atoms with E-state index in [1.54, 1.807) is 24.3 Å². The summed E-state index contributed by atoms with van der Waals surface area (Å²) in [6, 6.07) is 6.84. The molecule has 0 aromatic heterocycles. The quantitative estimate of drug-likeness (QED) is 0.473. The minimum absolute atomic E-state index is 0.149. The second kappa shape index (κ2) is 7.43. The first-order valence-electron chi connectivity index (χ1n) is 5.40. The predicted molar refractivity (Wildman–Crippen MR) is 68.2 cm³/mol. The Bertz CT molecular complexity index is 496. The molecule has 0 aliphatic rings. The van der Waals surface area contributed by atoms with Crippen LogP contribution in [0.1, 0.15) is 19.4 Å². The molecule has 0 unspecified atom stereocenters. The molecular formula is C13H13ClO5. The summed E-state index contributed by atoms with van der Waals surface area (Å²) in [4.78, 5) is 21.4. The number of halogens is 1. The maximum absolute atomic E-state index is 10.8. The van der Waals surface area contributed by atoms with Crippen LogP contribution in [-0.4, -0.2) is 11.9 Å². The molecule has 0 spiro atoms. The maximum Gasteiger partial charge on any atom is 0.308 e. The van der Waals surface area contributed by atoms with Crippen LogP contribution in [0.2, 0.25) is 0 Å². The van der Waals surface area contributed by atoms with E-state index in [4.69, 9.17) is 21.1 Å². The fourth-order valence-electron chi connectivity index (χ4n) is 1.23. The lowest BCUT2D eigenvalue weighted by atomic mass is 10.2. The van der Waals surface area contributed by atoms with Crippen LogP contribution in [0, 0.1) is 0 Å². The lowest BCUT2D eigenvalue weighted by Crippen LogP contribution is -2.01. The van der Waals surface area contributed by atoms with E-state index in [2.05, 4.69) is 4.74 Å². The van der Waals surface area contributed by atoms with E-state index in [0.29, 0.717) is 5.75 Å².